The molecular weight excluding hydrogens is 258 g/mol. The van der Waals surface area contributed by atoms with Crippen molar-refractivity contribution in [2.24, 2.45) is 5.92 Å². The third-order valence-electron chi connectivity index (χ3n) is 3.12. The lowest BCUT2D eigenvalue weighted by Crippen LogP contribution is -2.42. The van der Waals surface area contributed by atoms with Gasteiger partial charge in [0, 0.05) is 31.5 Å². The Morgan fingerprint density at radius 1 is 1.25 bits per heavy atom. The molecule has 6 nitrogen and oxygen atoms in total. The van der Waals surface area contributed by atoms with Gasteiger partial charge < -0.3 is 20.6 Å². The molecule has 0 aromatic heterocycles. The number of carbonyl (C=O) groups is 2. The van der Waals surface area contributed by atoms with Crippen LogP contribution in [0.5, 0.6) is 0 Å². The fraction of sp³-hybridized carbons (Fsp3) is 0.429. The molecule has 2 amide bonds. The molecule has 1 aromatic carbocycles. The summed E-state index contributed by atoms with van der Waals surface area (Å²) in [6.07, 6.45) is 0. The third kappa shape index (κ3) is 4.46. The van der Waals surface area contributed by atoms with Crippen molar-refractivity contribution >= 4 is 23.4 Å². The Labute approximate surface area is 118 Å². The zero-order valence-electron chi connectivity index (χ0n) is 12.2. The van der Waals surface area contributed by atoms with Crippen molar-refractivity contribution in [2.75, 3.05) is 24.3 Å². The summed E-state index contributed by atoms with van der Waals surface area (Å²) in [6.45, 7) is 3.22. The van der Waals surface area contributed by atoms with Crippen LogP contribution in [0, 0.1) is 5.92 Å². The Hall–Kier alpha value is -2.24. The summed E-state index contributed by atoms with van der Waals surface area (Å²) in [7, 11) is 3.82. The van der Waals surface area contributed by atoms with E-state index in [1.807, 2.05) is 37.2 Å². The quantitative estimate of drug-likeness (QED) is 0.770. The number of urea groups is 1. The molecule has 2 atom stereocenters. The molecule has 110 valence electrons. The summed E-state index contributed by atoms with van der Waals surface area (Å²) in [6, 6.07) is 6.51. The van der Waals surface area contributed by atoms with Crippen LogP contribution in [0.4, 0.5) is 16.2 Å². The number of amides is 2. The van der Waals surface area contributed by atoms with E-state index >= 15 is 0 Å². The molecule has 2 unspecified atom stereocenters. The second-order valence-corrected chi connectivity index (χ2v) is 4.96. The number of nitrogens with zero attached hydrogens (tertiary/aromatic N) is 1. The van der Waals surface area contributed by atoms with Gasteiger partial charge in [-0.1, -0.05) is 6.07 Å². The molecule has 20 heavy (non-hydrogen) atoms. The van der Waals surface area contributed by atoms with Crippen molar-refractivity contribution in [3.63, 3.8) is 0 Å². The van der Waals surface area contributed by atoms with Gasteiger partial charge in [-0.3, -0.25) is 4.79 Å². The van der Waals surface area contributed by atoms with Crippen molar-refractivity contribution in [3.8, 4) is 0 Å². The highest BCUT2D eigenvalue weighted by Gasteiger charge is 2.20. The zero-order chi connectivity index (χ0) is 15.3. The van der Waals surface area contributed by atoms with Crippen LogP contribution >= 0.6 is 0 Å². The number of aliphatic carboxylic acids is 1. The molecule has 0 saturated carbocycles. The SMILES string of the molecule is CC(NC(=O)Nc1cccc(N(C)C)c1)C(C)C(=O)O. The monoisotopic (exact) mass is 279 g/mol. The van der Waals surface area contributed by atoms with Crippen LogP contribution in [0.3, 0.4) is 0 Å². The highest BCUT2D eigenvalue weighted by Crippen LogP contribution is 2.17. The topological polar surface area (TPSA) is 81.7 Å². The predicted octanol–water partition coefficient (Wildman–Crippen LogP) is 1.98. The van der Waals surface area contributed by atoms with E-state index in [4.69, 9.17) is 5.11 Å². The van der Waals surface area contributed by atoms with Crippen LogP contribution in [0.1, 0.15) is 13.8 Å². The smallest absolute Gasteiger partial charge is 0.319 e. The standard InChI is InChI=1S/C14H21N3O3/c1-9(13(18)19)10(2)15-14(20)16-11-6-5-7-12(8-11)17(3)4/h5-10H,1-4H3,(H,18,19)(H2,15,16,20). The summed E-state index contributed by atoms with van der Waals surface area (Å²) >= 11 is 0. The first kappa shape index (κ1) is 15.8. The van der Waals surface area contributed by atoms with Crippen LogP contribution < -0.4 is 15.5 Å². The number of carbonyl (C=O) groups excluding carboxylic acids is 1. The fourth-order valence-corrected chi connectivity index (χ4v) is 1.57. The first-order valence-corrected chi connectivity index (χ1v) is 6.39. The number of hydrogen-bond acceptors (Lipinski definition) is 3. The van der Waals surface area contributed by atoms with E-state index in [2.05, 4.69) is 10.6 Å². The first-order valence-electron chi connectivity index (χ1n) is 6.39. The van der Waals surface area contributed by atoms with Crippen LogP contribution in [0.25, 0.3) is 0 Å². The summed E-state index contributed by atoms with van der Waals surface area (Å²) < 4.78 is 0. The maximum atomic E-state index is 11.8. The first-order chi connectivity index (χ1) is 9.31. The number of hydrogen-bond donors (Lipinski definition) is 3. The lowest BCUT2D eigenvalue weighted by molar-refractivity contribution is -0.141. The van der Waals surface area contributed by atoms with Gasteiger partial charge in [0.25, 0.3) is 0 Å². The van der Waals surface area contributed by atoms with E-state index in [1.54, 1.807) is 19.9 Å². The average Bonchev–Trinajstić information content (AvgIpc) is 2.37. The summed E-state index contributed by atoms with van der Waals surface area (Å²) in [5, 5.41) is 14.2. The Kier molecular flexibility index (Phi) is 5.37. The van der Waals surface area contributed by atoms with E-state index < -0.39 is 24.0 Å². The van der Waals surface area contributed by atoms with E-state index in [0.29, 0.717) is 5.69 Å². The molecule has 0 heterocycles. The van der Waals surface area contributed by atoms with Crippen LogP contribution in [0.15, 0.2) is 24.3 Å². The Morgan fingerprint density at radius 3 is 2.45 bits per heavy atom. The molecule has 1 aromatic rings. The van der Waals surface area contributed by atoms with Crippen molar-refractivity contribution in [1.82, 2.24) is 5.32 Å². The van der Waals surface area contributed by atoms with Crippen molar-refractivity contribution in [3.05, 3.63) is 24.3 Å². The van der Waals surface area contributed by atoms with Gasteiger partial charge in [-0.15, -0.1) is 0 Å². The second-order valence-electron chi connectivity index (χ2n) is 4.96. The number of nitrogens with one attached hydrogen (secondary N) is 2. The second kappa shape index (κ2) is 6.79. The summed E-state index contributed by atoms with van der Waals surface area (Å²) in [5.41, 5.74) is 1.62. The summed E-state index contributed by atoms with van der Waals surface area (Å²) in [4.78, 5) is 24.6. The number of carboxylic acids is 1. The maximum Gasteiger partial charge on any atom is 0.319 e. The number of rotatable bonds is 5. The zero-order valence-corrected chi connectivity index (χ0v) is 12.2. The molecular formula is C14H21N3O3. The van der Waals surface area contributed by atoms with Gasteiger partial charge in [0.05, 0.1) is 5.92 Å². The van der Waals surface area contributed by atoms with Gasteiger partial charge in [0.1, 0.15) is 0 Å². The highest BCUT2D eigenvalue weighted by atomic mass is 16.4. The minimum absolute atomic E-state index is 0.415. The molecule has 6 heteroatoms. The van der Waals surface area contributed by atoms with Crippen molar-refractivity contribution < 1.29 is 14.7 Å². The van der Waals surface area contributed by atoms with Gasteiger partial charge >= 0.3 is 12.0 Å². The van der Waals surface area contributed by atoms with Gasteiger partial charge in [-0.25, -0.2) is 4.79 Å². The lowest BCUT2D eigenvalue weighted by atomic mass is 10.0. The van der Waals surface area contributed by atoms with Crippen LogP contribution in [-0.2, 0) is 4.79 Å². The van der Waals surface area contributed by atoms with Crippen molar-refractivity contribution in [1.29, 1.82) is 0 Å². The molecule has 0 aliphatic heterocycles. The molecule has 0 spiro atoms. The number of carboxylic acid groups (broad SMARTS) is 1. The van der Waals surface area contributed by atoms with Crippen LogP contribution in [-0.4, -0.2) is 37.2 Å². The molecule has 0 aliphatic rings. The van der Waals surface area contributed by atoms with Gasteiger partial charge in [0.2, 0.25) is 0 Å². The lowest BCUT2D eigenvalue weighted by Gasteiger charge is -2.19. The average molecular weight is 279 g/mol. The molecule has 0 radical (unpaired) electrons. The minimum Gasteiger partial charge on any atom is -0.481 e. The van der Waals surface area contributed by atoms with E-state index in [9.17, 15) is 9.59 Å². The normalized spacial score (nSPS) is 13.2. The molecule has 0 bridgehead atoms. The largest absolute Gasteiger partial charge is 0.481 e. The van der Waals surface area contributed by atoms with E-state index in [-0.39, 0.29) is 0 Å². The maximum absolute atomic E-state index is 11.8. The van der Waals surface area contributed by atoms with Gasteiger partial charge in [-0.2, -0.15) is 0 Å². The Morgan fingerprint density at radius 2 is 1.90 bits per heavy atom. The molecule has 0 aliphatic carbocycles. The summed E-state index contributed by atoms with van der Waals surface area (Å²) in [5.74, 6) is -1.58. The van der Waals surface area contributed by atoms with Crippen LogP contribution in [0.2, 0.25) is 0 Å². The van der Waals surface area contributed by atoms with Gasteiger partial charge in [0.15, 0.2) is 0 Å². The Balaban J connectivity index is 2.62. The van der Waals surface area contributed by atoms with E-state index in [0.717, 1.165) is 5.69 Å². The van der Waals surface area contributed by atoms with E-state index in [1.165, 1.54) is 0 Å². The molecule has 1 rings (SSSR count). The molecule has 3 N–H and O–H groups in total. The third-order valence-corrected chi connectivity index (χ3v) is 3.12. The molecule has 0 saturated heterocycles. The fourth-order valence-electron chi connectivity index (χ4n) is 1.57. The molecule has 0 fully saturated rings. The predicted molar refractivity (Wildman–Crippen MR) is 79.2 cm³/mol. The van der Waals surface area contributed by atoms with Gasteiger partial charge in [-0.05, 0) is 32.0 Å². The minimum atomic E-state index is -0.938. The Bertz CT molecular complexity index is 488. The number of benzene rings is 1. The van der Waals surface area contributed by atoms with Crippen molar-refractivity contribution in [2.45, 2.75) is 19.9 Å². The highest BCUT2D eigenvalue weighted by molar-refractivity contribution is 5.90. The number of anilines is 2.